The molecule has 0 aromatic heterocycles. The van der Waals surface area contributed by atoms with Gasteiger partial charge >= 0.3 is 12.4 Å². The third-order valence-corrected chi connectivity index (χ3v) is 2.62. The van der Waals surface area contributed by atoms with Crippen molar-refractivity contribution in [2.75, 3.05) is 7.05 Å². The molecule has 0 saturated carbocycles. The Bertz CT molecular complexity index is 554. The number of alkyl halides is 2. The highest BCUT2D eigenvalue weighted by atomic mass is 19.3. The maximum atomic E-state index is 13.1. The van der Waals surface area contributed by atoms with Crippen LogP contribution in [0.4, 0.5) is 13.6 Å². The maximum absolute atomic E-state index is 13.1. The zero-order chi connectivity index (χ0) is 15.8. The van der Waals surface area contributed by atoms with Crippen LogP contribution in [0, 0.1) is 0 Å². The lowest BCUT2D eigenvalue weighted by Crippen LogP contribution is -2.34. The second-order valence-corrected chi connectivity index (χ2v) is 5.75. The number of hydrogen-bond acceptors (Lipinski definition) is 4. The highest BCUT2D eigenvalue weighted by molar-refractivity contribution is 5.68. The van der Waals surface area contributed by atoms with Crippen molar-refractivity contribution in [3.8, 4) is 11.5 Å². The van der Waals surface area contributed by atoms with Gasteiger partial charge in [0.25, 0.3) is 0 Å². The van der Waals surface area contributed by atoms with Gasteiger partial charge in [-0.25, -0.2) is 4.79 Å². The third-order valence-electron chi connectivity index (χ3n) is 2.62. The number of hydrogen-bond donors (Lipinski definition) is 0. The van der Waals surface area contributed by atoms with E-state index in [1.165, 1.54) is 18.0 Å². The molecule has 116 valence electrons. The van der Waals surface area contributed by atoms with E-state index in [2.05, 4.69) is 9.47 Å². The Kier molecular flexibility index (Phi) is 3.69. The summed E-state index contributed by atoms with van der Waals surface area (Å²) in [5, 5.41) is 0. The molecule has 0 atom stereocenters. The standard InChI is InChI=1S/C14H17F2NO4/c1-13(2,3)21-12(18)17(4)8-9-6-5-7-10-11(9)20-14(15,16)19-10/h5-7H,8H2,1-4H3. The van der Waals surface area contributed by atoms with Crippen LogP contribution in [0.25, 0.3) is 0 Å². The molecule has 1 aromatic rings. The average Bonchev–Trinajstić information content (AvgIpc) is 2.62. The first-order valence-corrected chi connectivity index (χ1v) is 6.39. The van der Waals surface area contributed by atoms with Gasteiger partial charge in [-0.3, -0.25) is 0 Å². The minimum Gasteiger partial charge on any atom is -0.444 e. The fraction of sp³-hybridized carbons (Fsp3) is 0.500. The summed E-state index contributed by atoms with van der Waals surface area (Å²) in [5.41, 5.74) is -0.214. The van der Waals surface area contributed by atoms with Gasteiger partial charge in [0, 0.05) is 12.6 Å². The summed E-state index contributed by atoms with van der Waals surface area (Å²) in [7, 11) is 1.52. The molecular weight excluding hydrogens is 284 g/mol. The van der Waals surface area contributed by atoms with Crippen LogP contribution in [-0.2, 0) is 11.3 Å². The van der Waals surface area contributed by atoms with E-state index in [0.29, 0.717) is 5.56 Å². The monoisotopic (exact) mass is 301 g/mol. The van der Waals surface area contributed by atoms with E-state index in [4.69, 9.17) is 4.74 Å². The second-order valence-electron chi connectivity index (χ2n) is 5.75. The van der Waals surface area contributed by atoms with Gasteiger partial charge in [0.2, 0.25) is 0 Å². The fourth-order valence-corrected chi connectivity index (χ4v) is 1.81. The van der Waals surface area contributed by atoms with E-state index in [0.717, 1.165) is 0 Å². The number of rotatable bonds is 2. The van der Waals surface area contributed by atoms with E-state index >= 15 is 0 Å². The van der Waals surface area contributed by atoms with E-state index < -0.39 is 18.0 Å². The number of benzene rings is 1. The topological polar surface area (TPSA) is 48.0 Å². The molecule has 1 heterocycles. The lowest BCUT2D eigenvalue weighted by atomic mass is 10.2. The molecule has 0 N–H and O–H groups in total. The predicted octanol–water partition coefficient (Wildman–Crippen LogP) is 3.38. The molecule has 5 nitrogen and oxygen atoms in total. The Balaban J connectivity index is 2.12. The molecule has 21 heavy (non-hydrogen) atoms. The summed E-state index contributed by atoms with van der Waals surface area (Å²) < 4.78 is 40.2. The molecule has 2 rings (SSSR count). The van der Waals surface area contributed by atoms with Crippen LogP contribution in [0.5, 0.6) is 11.5 Å². The smallest absolute Gasteiger partial charge is 0.444 e. The number of nitrogens with zero attached hydrogens (tertiary/aromatic N) is 1. The minimum absolute atomic E-state index is 0.0462. The van der Waals surface area contributed by atoms with Crippen LogP contribution in [0.1, 0.15) is 26.3 Å². The predicted molar refractivity (Wildman–Crippen MR) is 70.3 cm³/mol. The van der Waals surface area contributed by atoms with Crippen molar-refractivity contribution in [3.05, 3.63) is 23.8 Å². The first-order chi connectivity index (χ1) is 9.57. The van der Waals surface area contributed by atoms with Crippen LogP contribution >= 0.6 is 0 Å². The summed E-state index contributed by atoms with van der Waals surface area (Å²) in [6.45, 7) is 5.31. The van der Waals surface area contributed by atoms with Gasteiger partial charge in [0.1, 0.15) is 5.60 Å². The van der Waals surface area contributed by atoms with Crippen molar-refractivity contribution in [2.45, 2.75) is 39.2 Å². The zero-order valence-electron chi connectivity index (χ0n) is 12.3. The van der Waals surface area contributed by atoms with Crippen molar-refractivity contribution >= 4 is 6.09 Å². The molecule has 0 bridgehead atoms. The number of para-hydroxylation sites is 1. The molecule has 0 aliphatic carbocycles. The van der Waals surface area contributed by atoms with E-state index in [1.807, 2.05) is 0 Å². The molecule has 1 aliphatic heterocycles. The third kappa shape index (κ3) is 3.74. The fourth-order valence-electron chi connectivity index (χ4n) is 1.81. The Labute approximate surface area is 121 Å². The number of halogens is 2. The summed E-state index contributed by atoms with van der Waals surface area (Å²) in [6, 6.07) is 4.53. The first-order valence-electron chi connectivity index (χ1n) is 6.39. The van der Waals surface area contributed by atoms with Crippen molar-refractivity contribution in [1.82, 2.24) is 4.90 Å². The van der Waals surface area contributed by atoms with Gasteiger partial charge in [-0.2, -0.15) is 0 Å². The van der Waals surface area contributed by atoms with Crippen LogP contribution in [0.15, 0.2) is 18.2 Å². The molecule has 1 aromatic carbocycles. The summed E-state index contributed by atoms with van der Waals surface area (Å²) >= 11 is 0. The Hall–Kier alpha value is -2.05. The van der Waals surface area contributed by atoms with Crippen molar-refractivity contribution < 1.29 is 27.8 Å². The molecule has 0 spiro atoms. The average molecular weight is 301 g/mol. The second kappa shape index (κ2) is 5.05. The summed E-state index contributed by atoms with van der Waals surface area (Å²) in [4.78, 5) is 13.2. The zero-order valence-corrected chi connectivity index (χ0v) is 12.3. The number of carbonyl (C=O) groups is 1. The van der Waals surface area contributed by atoms with Crippen LogP contribution < -0.4 is 9.47 Å². The lowest BCUT2D eigenvalue weighted by Gasteiger charge is -2.24. The Morgan fingerprint density at radius 2 is 2.00 bits per heavy atom. The van der Waals surface area contributed by atoms with Crippen molar-refractivity contribution in [1.29, 1.82) is 0 Å². The van der Waals surface area contributed by atoms with Gasteiger partial charge in [0.15, 0.2) is 11.5 Å². The molecule has 0 unspecified atom stereocenters. The van der Waals surface area contributed by atoms with Gasteiger partial charge in [-0.15, -0.1) is 8.78 Å². The van der Waals surface area contributed by atoms with Gasteiger partial charge in [-0.05, 0) is 26.8 Å². The number of carbonyl (C=O) groups excluding carboxylic acids is 1. The molecule has 0 saturated heterocycles. The number of amides is 1. The minimum atomic E-state index is -3.68. The normalized spacial score (nSPS) is 15.7. The molecule has 0 fully saturated rings. The molecule has 7 heteroatoms. The quantitative estimate of drug-likeness (QED) is 0.840. The molecule has 0 radical (unpaired) electrons. The highest BCUT2D eigenvalue weighted by Crippen LogP contribution is 2.43. The first kappa shape index (κ1) is 15.3. The number of ether oxygens (including phenoxy) is 3. The molecular formula is C14H17F2NO4. The summed E-state index contributed by atoms with van der Waals surface area (Å²) in [5.74, 6) is -0.104. The number of fused-ring (bicyclic) bond motifs is 1. The van der Waals surface area contributed by atoms with E-state index in [9.17, 15) is 13.6 Å². The maximum Gasteiger partial charge on any atom is 0.586 e. The largest absolute Gasteiger partial charge is 0.586 e. The highest BCUT2D eigenvalue weighted by Gasteiger charge is 2.44. The lowest BCUT2D eigenvalue weighted by molar-refractivity contribution is -0.287. The Morgan fingerprint density at radius 3 is 2.62 bits per heavy atom. The van der Waals surface area contributed by atoms with E-state index in [1.54, 1.807) is 32.9 Å². The van der Waals surface area contributed by atoms with Crippen LogP contribution in [-0.4, -0.2) is 29.9 Å². The van der Waals surface area contributed by atoms with Crippen LogP contribution in [0.3, 0.4) is 0 Å². The summed E-state index contributed by atoms with van der Waals surface area (Å²) in [6.07, 6.45) is -4.23. The van der Waals surface area contributed by atoms with Crippen LogP contribution in [0.2, 0.25) is 0 Å². The SMILES string of the molecule is CN(Cc1cccc2c1OC(F)(F)O2)C(=O)OC(C)(C)C. The van der Waals surface area contributed by atoms with Crippen molar-refractivity contribution in [2.24, 2.45) is 0 Å². The van der Waals surface area contributed by atoms with Gasteiger partial charge in [-0.1, -0.05) is 12.1 Å². The molecule has 1 amide bonds. The van der Waals surface area contributed by atoms with Crippen molar-refractivity contribution in [3.63, 3.8) is 0 Å². The Morgan fingerprint density at radius 1 is 1.33 bits per heavy atom. The molecule has 1 aliphatic rings. The van der Waals surface area contributed by atoms with E-state index in [-0.39, 0.29) is 18.0 Å². The van der Waals surface area contributed by atoms with Gasteiger partial charge in [0.05, 0.1) is 6.54 Å². The van der Waals surface area contributed by atoms with Gasteiger partial charge < -0.3 is 19.1 Å².